The third-order valence-electron chi connectivity index (χ3n) is 0.995. The summed E-state index contributed by atoms with van der Waals surface area (Å²) >= 11 is 1.45. The molecule has 0 heterocycles. The summed E-state index contributed by atoms with van der Waals surface area (Å²) in [6.45, 7) is 10.3. The summed E-state index contributed by atoms with van der Waals surface area (Å²) in [5, 5.41) is 0.313. The van der Waals surface area contributed by atoms with Gasteiger partial charge in [0.25, 0.3) is 0 Å². The molecule has 0 unspecified atom stereocenters. The molecule has 0 N–H and O–H groups in total. The molecule has 0 aliphatic rings. The lowest BCUT2D eigenvalue weighted by atomic mass is 10.2. The van der Waals surface area contributed by atoms with Crippen LogP contribution in [0.3, 0.4) is 0 Å². The lowest BCUT2D eigenvalue weighted by Crippen LogP contribution is -2.12. The SMILES string of the molecule is CC(C)CC(=O)SC(C)(C)C. The minimum absolute atomic E-state index is 0.0754. The maximum atomic E-state index is 11.2. The molecule has 2 heteroatoms. The fourth-order valence-electron chi connectivity index (χ4n) is 0.717. The van der Waals surface area contributed by atoms with Gasteiger partial charge in [-0.1, -0.05) is 46.4 Å². The summed E-state index contributed by atoms with van der Waals surface area (Å²) < 4.78 is 0.0754. The Bertz CT molecular complexity index is 133. The summed E-state index contributed by atoms with van der Waals surface area (Å²) in [7, 11) is 0. The van der Waals surface area contributed by atoms with Crippen molar-refractivity contribution in [3.63, 3.8) is 0 Å². The van der Waals surface area contributed by atoms with Crippen LogP contribution in [0.2, 0.25) is 0 Å². The van der Waals surface area contributed by atoms with E-state index in [1.54, 1.807) is 0 Å². The summed E-state index contributed by atoms with van der Waals surface area (Å²) in [4.78, 5) is 11.2. The van der Waals surface area contributed by atoms with Gasteiger partial charge in [0.1, 0.15) is 0 Å². The van der Waals surface area contributed by atoms with Crippen LogP contribution in [0.5, 0.6) is 0 Å². The van der Waals surface area contributed by atoms with E-state index in [2.05, 4.69) is 34.6 Å². The van der Waals surface area contributed by atoms with Gasteiger partial charge in [-0.05, 0) is 5.92 Å². The molecule has 0 rings (SSSR count). The molecule has 0 fully saturated rings. The van der Waals surface area contributed by atoms with Gasteiger partial charge in [0.15, 0.2) is 5.12 Å². The first-order valence-electron chi connectivity index (χ1n) is 4.03. The second-order valence-electron chi connectivity index (χ2n) is 4.18. The molecule has 0 aromatic carbocycles. The molecule has 0 spiro atoms. The van der Waals surface area contributed by atoms with Gasteiger partial charge >= 0.3 is 0 Å². The number of carbonyl (C=O) groups excluding carboxylic acids is 1. The second kappa shape index (κ2) is 4.15. The van der Waals surface area contributed by atoms with E-state index in [0.717, 1.165) is 0 Å². The lowest BCUT2D eigenvalue weighted by Gasteiger charge is -2.16. The van der Waals surface area contributed by atoms with Crippen LogP contribution in [0.1, 0.15) is 41.0 Å². The van der Waals surface area contributed by atoms with Crippen molar-refractivity contribution in [1.29, 1.82) is 0 Å². The fraction of sp³-hybridized carbons (Fsp3) is 0.889. The molecule has 0 saturated carbocycles. The van der Waals surface area contributed by atoms with Gasteiger partial charge in [0, 0.05) is 11.2 Å². The van der Waals surface area contributed by atoms with Gasteiger partial charge in [-0.15, -0.1) is 0 Å². The first kappa shape index (κ1) is 11.0. The molecular formula is C9H18OS. The van der Waals surface area contributed by atoms with Crippen LogP contribution in [-0.2, 0) is 4.79 Å². The van der Waals surface area contributed by atoms with Gasteiger partial charge < -0.3 is 0 Å². The number of hydrogen-bond donors (Lipinski definition) is 0. The quantitative estimate of drug-likeness (QED) is 0.640. The van der Waals surface area contributed by atoms with Gasteiger partial charge in [-0.3, -0.25) is 4.79 Å². The Morgan fingerprint density at radius 2 is 1.82 bits per heavy atom. The van der Waals surface area contributed by atoms with Gasteiger partial charge in [0.2, 0.25) is 0 Å². The number of hydrogen-bond acceptors (Lipinski definition) is 2. The number of rotatable bonds is 2. The van der Waals surface area contributed by atoms with E-state index < -0.39 is 0 Å². The van der Waals surface area contributed by atoms with Crippen LogP contribution in [0.25, 0.3) is 0 Å². The highest BCUT2D eigenvalue weighted by Gasteiger charge is 2.16. The summed E-state index contributed by atoms with van der Waals surface area (Å²) in [5.41, 5.74) is 0. The predicted octanol–water partition coefficient (Wildman–Crippen LogP) is 3.09. The van der Waals surface area contributed by atoms with Crippen molar-refractivity contribution in [2.24, 2.45) is 5.92 Å². The maximum absolute atomic E-state index is 11.2. The Morgan fingerprint density at radius 3 is 2.09 bits per heavy atom. The Morgan fingerprint density at radius 1 is 1.36 bits per heavy atom. The predicted molar refractivity (Wildman–Crippen MR) is 51.8 cm³/mol. The van der Waals surface area contributed by atoms with E-state index in [9.17, 15) is 4.79 Å². The monoisotopic (exact) mass is 174 g/mol. The van der Waals surface area contributed by atoms with E-state index in [0.29, 0.717) is 17.5 Å². The Labute approximate surface area is 73.9 Å². The summed E-state index contributed by atoms with van der Waals surface area (Å²) in [5.74, 6) is 0.484. The largest absolute Gasteiger partial charge is 0.287 e. The molecule has 0 aromatic rings. The Balaban J connectivity index is 3.71. The molecule has 0 aliphatic carbocycles. The van der Waals surface area contributed by atoms with E-state index in [1.165, 1.54) is 11.8 Å². The van der Waals surface area contributed by atoms with Crippen LogP contribution in [0.4, 0.5) is 0 Å². The van der Waals surface area contributed by atoms with Crippen molar-refractivity contribution >= 4 is 16.9 Å². The molecule has 11 heavy (non-hydrogen) atoms. The van der Waals surface area contributed by atoms with Crippen LogP contribution in [0, 0.1) is 5.92 Å². The molecule has 66 valence electrons. The maximum Gasteiger partial charge on any atom is 0.189 e. The first-order valence-corrected chi connectivity index (χ1v) is 4.85. The van der Waals surface area contributed by atoms with Crippen LogP contribution in [0.15, 0.2) is 0 Å². The zero-order valence-electron chi connectivity index (χ0n) is 8.10. The smallest absolute Gasteiger partial charge is 0.189 e. The summed E-state index contributed by atoms with van der Waals surface area (Å²) in [6.07, 6.45) is 0.696. The number of carbonyl (C=O) groups is 1. The molecule has 1 nitrogen and oxygen atoms in total. The summed E-state index contributed by atoms with van der Waals surface area (Å²) in [6, 6.07) is 0. The van der Waals surface area contributed by atoms with Crippen molar-refractivity contribution in [3.8, 4) is 0 Å². The lowest BCUT2D eigenvalue weighted by molar-refractivity contribution is -0.111. The third kappa shape index (κ3) is 7.92. The molecule has 0 saturated heterocycles. The molecule has 0 bridgehead atoms. The number of thioether (sulfide) groups is 1. The van der Waals surface area contributed by atoms with Gasteiger partial charge in [-0.2, -0.15) is 0 Å². The molecule has 0 aromatic heterocycles. The Kier molecular flexibility index (Phi) is 4.16. The highest BCUT2D eigenvalue weighted by Crippen LogP contribution is 2.26. The Hall–Kier alpha value is 0.0200. The van der Waals surface area contributed by atoms with E-state index in [-0.39, 0.29) is 4.75 Å². The van der Waals surface area contributed by atoms with Crippen molar-refractivity contribution in [2.45, 2.75) is 45.8 Å². The molecule has 0 aliphatic heterocycles. The zero-order chi connectivity index (χ0) is 9.07. The normalized spacial score (nSPS) is 12.2. The minimum atomic E-state index is 0.0754. The average molecular weight is 174 g/mol. The minimum Gasteiger partial charge on any atom is -0.287 e. The third-order valence-corrected chi connectivity index (χ3v) is 2.00. The standard InChI is InChI=1S/C9H18OS/c1-7(2)6-8(10)11-9(3,4)5/h7H,6H2,1-5H3. The molecule has 0 atom stereocenters. The van der Waals surface area contributed by atoms with E-state index in [1.807, 2.05) is 0 Å². The van der Waals surface area contributed by atoms with Crippen molar-refractivity contribution in [3.05, 3.63) is 0 Å². The average Bonchev–Trinajstić information content (AvgIpc) is 1.53. The molecular weight excluding hydrogens is 156 g/mol. The van der Waals surface area contributed by atoms with Crippen molar-refractivity contribution in [1.82, 2.24) is 0 Å². The van der Waals surface area contributed by atoms with Crippen LogP contribution in [-0.4, -0.2) is 9.86 Å². The van der Waals surface area contributed by atoms with E-state index >= 15 is 0 Å². The molecule has 0 radical (unpaired) electrons. The second-order valence-corrected chi connectivity index (χ2v) is 6.07. The zero-order valence-corrected chi connectivity index (χ0v) is 8.92. The molecule has 0 amide bonds. The van der Waals surface area contributed by atoms with Crippen molar-refractivity contribution in [2.75, 3.05) is 0 Å². The van der Waals surface area contributed by atoms with Crippen LogP contribution < -0.4 is 0 Å². The van der Waals surface area contributed by atoms with Crippen LogP contribution >= 0.6 is 11.8 Å². The topological polar surface area (TPSA) is 17.1 Å². The highest BCUT2D eigenvalue weighted by atomic mass is 32.2. The fourth-order valence-corrected chi connectivity index (χ4v) is 1.82. The highest BCUT2D eigenvalue weighted by molar-refractivity contribution is 8.14. The van der Waals surface area contributed by atoms with Gasteiger partial charge in [-0.25, -0.2) is 0 Å². The van der Waals surface area contributed by atoms with E-state index in [4.69, 9.17) is 0 Å². The van der Waals surface area contributed by atoms with Gasteiger partial charge in [0.05, 0.1) is 0 Å². The first-order chi connectivity index (χ1) is 4.81. The van der Waals surface area contributed by atoms with Crippen molar-refractivity contribution < 1.29 is 4.79 Å².